The smallest absolute Gasteiger partial charge is 0.0999 e. The second-order valence-corrected chi connectivity index (χ2v) is 6.34. The van der Waals surface area contributed by atoms with Gasteiger partial charge >= 0.3 is 0 Å². The van der Waals surface area contributed by atoms with Crippen LogP contribution in [-0.2, 0) is 0 Å². The van der Waals surface area contributed by atoms with Crippen molar-refractivity contribution in [3.63, 3.8) is 0 Å². The largest absolute Gasteiger partial charge is 0.323 e. The highest BCUT2D eigenvalue weighted by Crippen LogP contribution is 2.30. The van der Waals surface area contributed by atoms with E-state index < -0.39 is 0 Å². The lowest BCUT2D eigenvalue weighted by molar-refractivity contribution is 0.926. The van der Waals surface area contributed by atoms with Gasteiger partial charge in [-0.2, -0.15) is 0 Å². The van der Waals surface area contributed by atoms with Gasteiger partial charge in [0.1, 0.15) is 0 Å². The van der Waals surface area contributed by atoms with Gasteiger partial charge in [0.25, 0.3) is 0 Å². The van der Waals surface area contributed by atoms with E-state index in [-0.39, 0.29) is 0 Å². The lowest BCUT2D eigenvalue weighted by Gasteiger charge is -2.33. The van der Waals surface area contributed by atoms with Crippen molar-refractivity contribution in [1.82, 2.24) is 0 Å². The Bertz CT molecular complexity index is 779. The minimum Gasteiger partial charge on any atom is -0.323 e. The molecule has 0 fully saturated rings. The molecule has 4 aromatic carbocycles. The van der Waals surface area contributed by atoms with Crippen LogP contribution in [0.3, 0.4) is 0 Å². The van der Waals surface area contributed by atoms with Crippen molar-refractivity contribution in [2.24, 2.45) is 0 Å². The van der Waals surface area contributed by atoms with Gasteiger partial charge in [-0.25, -0.2) is 0 Å². The molecule has 0 aromatic heterocycles. The number of para-hydroxylation sites is 4. The van der Waals surface area contributed by atoms with Gasteiger partial charge in [0.15, 0.2) is 0 Å². The highest BCUT2D eigenvalue weighted by Gasteiger charge is 2.16. The fourth-order valence-corrected chi connectivity index (χ4v) is 3.20. The third kappa shape index (κ3) is 10.5. The molecule has 2 nitrogen and oxygen atoms in total. The Hall–Kier alpha value is -3.52. The summed E-state index contributed by atoms with van der Waals surface area (Å²) < 4.78 is 0. The van der Waals surface area contributed by atoms with Crippen LogP contribution in [-0.4, -0.2) is 6.67 Å². The molecule has 0 amide bonds. The summed E-state index contributed by atoms with van der Waals surface area (Å²) in [5.41, 5.74) is 4.67. The first-order chi connectivity index (χ1) is 17.4. The minimum absolute atomic E-state index is 0.710. The van der Waals surface area contributed by atoms with E-state index >= 15 is 0 Å². The Morgan fingerprint density at radius 3 is 0.657 bits per heavy atom. The van der Waals surface area contributed by atoms with Gasteiger partial charge in [0.05, 0.1) is 6.67 Å². The van der Waals surface area contributed by atoms with Crippen molar-refractivity contribution in [3.05, 3.63) is 121 Å². The zero-order chi connectivity index (χ0) is 26.3. The molecule has 0 saturated heterocycles. The third-order valence-corrected chi connectivity index (χ3v) is 4.55. The van der Waals surface area contributed by atoms with Crippen molar-refractivity contribution >= 4 is 22.7 Å². The molecule has 0 spiro atoms. The first kappa shape index (κ1) is 31.5. The zero-order valence-electron chi connectivity index (χ0n) is 23.1. The maximum atomic E-state index is 2.33. The number of benzene rings is 4. The first-order valence-electron chi connectivity index (χ1n) is 13.2. The Balaban J connectivity index is 0.00000132. The van der Waals surface area contributed by atoms with E-state index in [1.54, 1.807) is 0 Å². The number of hydrogen-bond donors (Lipinski definition) is 0. The molecule has 0 unspecified atom stereocenters. The van der Waals surface area contributed by atoms with Crippen LogP contribution in [0.25, 0.3) is 0 Å². The predicted octanol–water partition coefficient (Wildman–Crippen LogP) is 10.7. The minimum atomic E-state index is 0.710. The van der Waals surface area contributed by atoms with Gasteiger partial charge in [-0.1, -0.05) is 128 Å². The second kappa shape index (κ2) is 21.0. The molecule has 0 saturated carbocycles. The SMILES string of the molecule is CC.CC.CC.CC.c1ccc(N(CN(c2ccccc2)c2ccccc2)c2ccccc2)cc1. The lowest BCUT2D eigenvalue weighted by atomic mass is 10.2. The maximum absolute atomic E-state index is 2.33. The van der Waals surface area contributed by atoms with Crippen LogP contribution in [0.4, 0.5) is 22.7 Å². The van der Waals surface area contributed by atoms with Gasteiger partial charge in [-0.3, -0.25) is 0 Å². The van der Waals surface area contributed by atoms with Crippen molar-refractivity contribution in [1.29, 1.82) is 0 Å². The average Bonchev–Trinajstić information content (AvgIpc) is 3.00. The van der Waals surface area contributed by atoms with Crippen LogP contribution in [0.2, 0.25) is 0 Å². The van der Waals surface area contributed by atoms with Crippen LogP contribution in [0.1, 0.15) is 55.4 Å². The Morgan fingerprint density at radius 1 is 0.314 bits per heavy atom. The van der Waals surface area contributed by atoms with Crippen LogP contribution in [0, 0.1) is 0 Å². The van der Waals surface area contributed by atoms with E-state index in [1.807, 2.05) is 55.4 Å². The molecule has 0 aliphatic rings. The standard InChI is InChI=1S/C25H22N2.4C2H6/c1-5-13-22(14-6-1)26(23-15-7-2-8-16-23)21-27(24-17-9-3-10-18-24)25-19-11-4-12-20-25;4*1-2/h1-20H,21H2;4*1-2H3. The van der Waals surface area contributed by atoms with Gasteiger partial charge in [-0.15, -0.1) is 0 Å². The fourth-order valence-electron chi connectivity index (χ4n) is 3.20. The molecule has 0 radical (unpaired) electrons. The van der Waals surface area contributed by atoms with Crippen molar-refractivity contribution in [3.8, 4) is 0 Å². The number of nitrogens with zero attached hydrogens (tertiary/aromatic N) is 2. The van der Waals surface area contributed by atoms with Crippen LogP contribution < -0.4 is 9.80 Å². The topological polar surface area (TPSA) is 6.48 Å². The van der Waals surface area contributed by atoms with Crippen molar-refractivity contribution < 1.29 is 0 Å². The molecule has 0 aliphatic heterocycles. The molecule has 4 rings (SSSR count). The van der Waals surface area contributed by atoms with E-state index in [9.17, 15) is 0 Å². The molecule has 2 heteroatoms. The maximum Gasteiger partial charge on any atom is 0.0999 e. The molecular formula is C33H46N2. The average molecular weight is 471 g/mol. The van der Waals surface area contributed by atoms with Crippen molar-refractivity contribution in [2.75, 3.05) is 16.5 Å². The predicted molar refractivity (Wildman–Crippen MR) is 160 cm³/mol. The number of hydrogen-bond acceptors (Lipinski definition) is 2. The third-order valence-electron chi connectivity index (χ3n) is 4.55. The van der Waals surface area contributed by atoms with Crippen LogP contribution in [0.15, 0.2) is 121 Å². The molecular weight excluding hydrogens is 424 g/mol. The van der Waals surface area contributed by atoms with E-state index in [4.69, 9.17) is 0 Å². The lowest BCUT2D eigenvalue weighted by Crippen LogP contribution is -2.32. The number of rotatable bonds is 6. The summed E-state index contributed by atoms with van der Waals surface area (Å²) in [5, 5.41) is 0. The molecule has 0 atom stereocenters. The molecule has 0 bridgehead atoms. The second-order valence-electron chi connectivity index (χ2n) is 6.34. The summed E-state index contributed by atoms with van der Waals surface area (Å²) >= 11 is 0. The van der Waals surface area contributed by atoms with E-state index in [1.165, 1.54) is 22.7 Å². The molecule has 0 aliphatic carbocycles. The summed E-state index contributed by atoms with van der Waals surface area (Å²) in [7, 11) is 0. The Kier molecular flexibility index (Phi) is 18.9. The monoisotopic (exact) mass is 470 g/mol. The van der Waals surface area contributed by atoms with E-state index in [0.717, 1.165) is 0 Å². The first-order valence-corrected chi connectivity index (χ1v) is 13.2. The highest BCUT2D eigenvalue weighted by molar-refractivity contribution is 5.69. The summed E-state index contributed by atoms with van der Waals surface area (Å²) in [4.78, 5) is 4.67. The van der Waals surface area contributed by atoms with Gasteiger partial charge in [0, 0.05) is 22.7 Å². The quantitative estimate of drug-likeness (QED) is 0.258. The highest BCUT2D eigenvalue weighted by atomic mass is 15.3. The summed E-state index contributed by atoms with van der Waals surface area (Å²) in [6, 6.07) is 42.1. The molecule has 0 heterocycles. The van der Waals surface area contributed by atoms with Gasteiger partial charge < -0.3 is 9.80 Å². The summed E-state index contributed by atoms with van der Waals surface area (Å²) in [6.07, 6.45) is 0. The zero-order valence-corrected chi connectivity index (χ0v) is 23.1. The Morgan fingerprint density at radius 2 is 0.486 bits per heavy atom. The normalized spacial score (nSPS) is 8.69. The summed E-state index contributed by atoms with van der Waals surface area (Å²) in [5.74, 6) is 0. The molecule has 35 heavy (non-hydrogen) atoms. The Labute approximate surface area is 215 Å². The van der Waals surface area contributed by atoms with Gasteiger partial charge in [0.2, 0.25) is 0 Å². The molecule has 188 valence electrons. The number of anilines is 4. The van der Waals surface area contributed by atoms with Crippen LogP contribution >= 0.6 is 0 Å². The fraction of sp³-hybridized carbons (Fsp3) is 0.273. The molecule has 0 N–H and O–H groups in total. The van der Waals surface area contributed by atoms with Crippen LogP contribution in [0.5, 0.6) is 0 Å². The van der Waals surface area contributed by atoms with E-state index in [0.29, 0.717) is 6.67 Å². The van der Waals surface area contributed by atoms with E-state index in [2.05, 4.69) is 131 Å². The van der Waals surface area contributed by atoms with Gasteiger partial charge in [-0.05, 0) is 48.5 Å². The molecule has 4 aromatic rings. The van der Waals surface area contributed by atoms with Crippen molar-refractivity contribution in [2.45, 2.75) is 55.4 Å². The summed E-state index contributed by atoms with van der Waals surface area (Å²) in [6.45, 7) is 16.7.